The molecule has 2 heterocycles. The standard InChI is InChI=1S/C13H12N2O2/c1-9-5-6-10(8-15-9)12(16)11-4-3-7-14-13(11)17-2/h3-8H,1-2H3. The first kappa shape index (κ1) is 11.3. The maximum absolute atomic E-state index is 12.2. The summed E-state index contributed by atoms with van der Waals surface area (Å²) >= 11 is 0. The summed E-state index contributed by atoms with van der Waals surface area (Å²) in [5.41, 5.74) is 1.85. The van der Waals surface area contributed by atoms with Crippen LogP contribution in [0.1, 0.15) is 21.6 Å². The van der Waals surface area contributed by atoms with Crippen LogP contribution in [0.2, 0.25) is 0 Å². The molecule has 0 spiro atoms. The van der Waals surface area contributed by atoms with Gasteiger partial charge in [0.2, 0.25) is 5.88 Å². The summed E-state index contributed by atoms with van der Waals surface area (Å²) in [6, 6.07) is 6.94. The Balaban J connectivity index is 2.40. The molecule has 0 atom stereocenters. The number of pyridine rings is 2. The van der Waals surface area contributed by atoms with E-state index >= 15 is 0 Å². The second-order valence-corrected chi connectivity index (χ2v) is 3.58. The lowest BCUT2D eigenvalue weighted by Gasteiger charge is -2.05. The molecular weight excluding hydrogens is 216 g/mol. The Labute approximate surface area is 99.3 Å². The van der Waals surface area contributed by atoms with Crippen molar-refractivity contribution in [3.63, 3.8) is 0 Å². The Kier molecular flexibility index (Phi) is 3.14. The third-order valence-corrected chi connectivity index (χ3v) is 2.38. The second-order valence-electron chi connectivity index (χ2n) is 3.58. The molecular formula is C13H12N2O2. The van der Waals surface area contributed by atoms with Crippen molar-refractivity contribution in [1.82, 2.24) is 9.97 Å². The fourth-order valence-electron chi connectivity index (χ4n) is 1.48. The van der Waals surface area contributed by atoms with Gasteiger partial charge in [0.15, 0.2) is 5.78 Å². The molecule has 0 N–H and O–H groups in total. The van der Waals surface area contributed by atoms with Gasteiger partial charge in [-0.3, -0.25) is 9.78 Å². The normalized spacial score (nSPS) is 10.0. The minimum Gasteiger partial charge on any atom is -0.480 e. The van der Waals surface area contributed by atoms with Gasteiger partial charge in [-0.2, -0.15) is 0 Å². The van der Waals surface area contributed by atoms with Crippen LogP contribution in [0.25, 0.3) is 0 Å². The molecule has 0 aliphatic carbocycles. The van der Waals surface area contributed by atoms with E-state index in [2.05, 4.69) is 9.97 Å². The van der Waals surface area contributed by atoms with Crippen LogP contribution in [-0.2, 0) is 0 Å². The first-order valence-corrected chi connectivity index (χ1v) is 5.18. The molecule has 0 saturated carbocycles. The van der Waals surface area contributed by atoms with Crippen LogP contribution in [0, 0.1) is 6.92 Å². The van der Waals surface area contributed by atoms with Gasteiger partial charge >= 0.3 is 0 Å². The number of aromatic nitrogens is 2. The summed E-state index contributed by atoms with van der Waals surface area (Å²) in [5, 5.41) is 0. The van der Waals surface area contributed by atoms with E-state index in [0.717, 1.165) is 5.69 Å². The van der Waals surface area contributed by atoms with Crippen LogP contribution in [0.5, 0.6) is 5.88 Å². The SMILES string of the molecule is COc1ncccc1C(=O)c1ccc(C)nc1. The molecule has 0 aromatic carbocycles. The summed E-state index contributed by atoms with van der Waals surface area (Å²) < 4.78 is 5.06. The van der Waals surface area contributed by atoms with Gasteiger partial charge in [0.25, 0.3) is 0 Å². The number of hydrogen-bond donors (Lipinski definition) is 0. The molecule has 4 heteroatoms. The van der Waals surface area contributed by atoms with E-state index in [9.17, 15) is 4.79 Å². The monoisotopic (exact) mass is 228 g/mol. The molecule has 17 heavy (non-hydrogen) atoms. The van der Waals surface area contributed by atoms with Crippen molar-refractivity contribution in [1.29, 1.82) is 0 Å². The Morgan fingerprint density at radius 1 is 1.24 bits per heavy atom. The van der Waals surface area contributed by atoms with Crippen molar-refractivity contribution in [2.45, 2.75) is 6.92 Å². The van der Waals surface area contributed by atoms with E-state index in [1.54, 1.807) is 36.7 Å². The molecule has 4 nitrogen and oxygen atoms in total. The number of methoxy groups -OCH3 is 1. The fourth-order valence-corrected chi connectivity index (χ4v) is 1.48. The zero-order valence-corrected chi connectivity index (χ0v) is 9.68. The number of nitrogens with zero attached hydrogens (tertiary/aromatic N) is 2. The van der Waals surface area contributed by atoms with Gasteiger partial charge in [-0.1, -0.05) is 0 Å². The molecule has 2 aromatic heterocycles. The summed E-state index contributed by atoms with van der Waals surface area (Å²) in [5.74, 6) is 0.195. The van der Waals surface area contributed by atoms with Crippen LogP contribution in [0.4, 0.5) is 0 Å². The highest BCUT2D eigenvalue weighted by molar-refractivity contribution is 6.10. The van der Waals surface area contributed by atoms with E-state index in [1.165, 1.54) is 7.11 Å². The Hall–Kier alpha value is -2.23. The maximum Gasteiger partial charge on any atom is 0.224 e. The van der Waals surface area contributed by atoms with Crippen LogP contribution >= 0.6 is 0 Å². The lowest BCUT2D eigenvalue weighted by Crippen LogP contribution is -2.05. The zero-order chi connectivity index (χ0) is 12.3. The van der Waals surface area contributed by atoms with Crippen LogP contribution in [-0.4, -0.2) is 22.9 Å². The summed E-state index contributed by atoms with van der Waals surface area (Å²) in [7, 11) is 1.49. The highest BCUT2D eigenvalue weighted by Gasteiger charge is 2.14. The van der Waals surface area contributed by atoms with Gasteiger partial charge < -0.3 is 4.74 Å². The lowest BCUT2D eigenvalue weighted by molar-refractivity contribution is 0.103. The second kappa shape index (κ2) is 4.74. The van der Waals surface area contributed by atoms with Crippen LogP contribution in [0.3, 0.4) is 0 Å². The third-order valence-electron chi connectivity index (χ3n) is 2.38. The Morgan fingerprint density at radius 2 is 2.06 bits per heavy atom. The zero-order valence-electron chi connectivity index (χ0n) is 9.68. The molecule has 0 radical (unpaired) electrons. The molecule has 0 unspecified atom stereocenters. The van der Waals surface area contributed by atoms with Gasteiger partial charge in [0.1, 0.15) is 0 Å². The Bertz CT molecular complexity index is 535. The van der Waals surface area contributed by atoms with Crippen molar-refractivity contribution in [2.75, 3.05) is 7.11 Å². The van der Waals surface area contributed by atoms with Gasteiger partial charge in [0.05, 0.1) is 12.7 Å². The minimum absolute atomic E-state index is 0.137. The quantitative estimate of drug-likeness (QED) is 0.754. The average molecular weight is 228 g/mol. The van der Waals surface area contributed by atoms with Gasteiger partial charge in [-0.15, -0.1) is 0 Å². The first-order chi connectivity index (χ1) is 8.22. The van der Waals surface area contributed by atoms with Crippen molar-refractivity contribution < 1.29 is 9.53 Å². The number of carbonyl (C=O) groups excluding carboxylic acids is 1. The number of rotatable bonds is 3. The number of ketones is 1. The molecule has 0 amide bonds. The first-order valence-electron chi connectivity index (χ1n) is 5.18. The molecule has 0 fully saturated rings. The van der Waals surface area contributed by atoms with Gasteiger partial charge in [0, 0.05) is 23.7 Å². The highest BCUT2D eigenvalue weighted by Crippen LogP contribution is 2.17. The van der Waals surface area contributed by atoms with Crippen molar-refractivity contribution in [2.24, 2.45) is 0 Å². The molecule has 0 saturated heterocycles. The van der Waals surface area contributed by atoms with Crippen molar-refractivity contribution in [3.05, 3.63) is 53.5 Å². The molecule has 2 aromatic rings. The molecule has 86 valence electrons. The minimum atomic E-state index is -0.137. The molecule has 2 rings (SSSR count). The van der Waals surface area contributed by atoms with E-state index < -0.39 is 0 Å². The largest absolute Gasteiger partial charge is 0.480 e. The van der Waals surface area contributed by atoms with Gasteiger partial charge in [-0.25, -0.2) is 4.98 Å². The average Bonchev–Trinajstić information content (AvgIpc) is 2.39. The Morgan fingerprint density at radius 3 is 2.71 bits per heavy atom. The predicted octanol–water partition coefficient (Wildman–Crippen LogP) is 2.02. The number of ether oxygens (including phenoxy) is 1. The highest BCUT2D eigenvalue weighted by atomic mass is 16.5. The maximum atomic E-state index is 12.2. The molecule has 0 aliphatic heterocycles. The number of carbonyl (C=O) groups is 1. The smallest absolute Gasteiger partial charge is 0.224 e. The molecule has 0 aliphatic rings. The lowest BCUT2D eigenvalue weighted by atomic mass is 10.1. The summed E-state index contributed by atoms with van der Waals surface area (Å²) in [6.45, 7) is 1.87. The summed E-state index contributed by atoms with van der Waals surface area (Å²) in [4.78, 5) is 20.3. The van der Waals surface area contributed by atoms with E-state index in [4.69, 9.17) is 4.74 Å². The van der Waals surface area contributed by atoms with Crippen molar-refractivity contribution in [3.8, 4) is 5.88 Å². The predicted molar refractivity (Wildman–Crippen MR) is 63.2 cm³/mol. The van der Waals surface area contributed by atoms with Crippen LogP contribution in [0.15, 0.2) is 36.7 Å². The molecule has 0 bridgehead atoms. The van der Waals surface area contributed by atoms with E-state index in [-0.39, 0.29) is 5.78 Å². The fraction of sp³-hybridized carbons (Fsp3) is 0.154. The van der Waals surface area contributed by atoms with E-state index in [1.807, 2.05) is 6.92 Å². The topological polar surface area (TPSA) is 52.1 Å². The number of aryl methyl sites for hydroxylation is 1. The number of hydrogen-bond acceptors (Lipinski definition) is 4. The third kappa shape index (κ3) is 2.30. The van der Waals surface area contributed by atoms with Gasteiger partial charge in [-0.05, 0) is 31.2 Å². The van der Waals surface area contributed by atoms with E-state index in [0.29, 0.717) is 17.0 Å². The van der Waals surface area contributed by atoms with Crippen LogP contribution < -0.4 is 4.74 Å². The summed E-state index contributed by atoms with van der Waals surface area (Å²) in [6.07, 6.45) is 3.15. The van der Waals surface area contributed by atoms with Crippen molar-refractivity contribution >= 4 is 5.78 Å².